The van der Waals surface area contributed by atoms with E-state index in [9.17, 15) is 14.4 Å². The summed E-state index contributed by atoms with van der Waals surface area (Å²) < 4.78 is 5.94. The number of ether oxygens (including phenoxy) is 1. The van der Waals surface area contributed by atoms with E-state index in [0.717, 1.165) is 10.9 Å². The number of hydrogen-bond acceptors (Lipinski definition) is 4. The first kappa shape index (κ1) is 23.5. The molecular formula is C20H27BrClN3O4. The summed E-state index contributed by atoms with van der Waals surface area (Å²) in [6, 6.07) is 5.13. The summed E-state index contributed by atoms with van der Waals surface area (Å²) in [7, 11) is 0. The minimum atomic E-state index is -0.566. The minimum Gasteiger partial charge on any atom is -0.444 e. The fourth-order valence-corrected chi connectivity index (χ4v) is 3.77. The van der Waals surface area contributed by atoms with E-state index in [-0.39, 0.29) is 24.3 Å². The number of piperidine rings is 1. The topological polar surface area (TPSA) is 87.7 Å². The average molecular weight is 489 g/mol. The maximum absolute atomic E-state index is 12.8. The van der Waals surface area contributed by atoms with Crippen molar-refractivity contribution < 1.29 is 19.1 Å². The fraction of sp³-hybridized carbons (Fsp3) is 0.550. The third kappa shape index (κ3) is 7.51. The maximum Gasteiger partial charge on any atom is 0.407 e. The average Bonchev–Trinajstić information content (AvgIpc) is 2.63. The van der Waals surface area contributed by atoms with Gasteiger partial charge in [0.05, 0.1) is 16.5 Å². The first-order valence-electron chi connectivity index (χ1n) is 9.55. The van der Waals surface area contributed by atoms with Crippen LogP contribution in [-0.4, -0.2) is 54.6 Å². The summed E-state index contributed by atoms with van der Waals surface area (Å²) in [5.41, 5.74) is -0.138. The standard InChI is InChI=1S/C20H27BrClN3O4/c1-20(2,3)29-19(28)24-9-8-23-17(26)13-5-4-10-25(12-13)18(27)15-7-6-14(21)11-16(15)22/h6-7,11,13H,4-5,8-10,12H2,1-3H3,(H,23,26)(H,24,28). The molecule has 1 unspecified atom stereocenters. The molecule has 1 aromatic carbocycles. The van der Waals surface area contributed by atoms with Crippen molar-refractivity contribution in [3.05, 3.63) is 33.3 Å². The number of carbonyl (C=O) groups excluding carboxylic acids is 3. The monoisotopic (exact) mass is 487 g/mol. The molecule has 1 saturated heterocycles. The highest BCUT2D eigenvalue weighted by molar-refractivity contribution is 9.10. The number of amides is 3. The van der Waals surface area contributed by atoms with Crippen molar-refractivity contribution in [2.24, 2.45) is 5.92 Å². The Kier molecular flexibility index (Phi) is 8.34. The molecule has 1 aliphatic heterocycles. The Morgan fingerprint density at radius 1 is 1.24 bits per heavy atom. The Morgan fingerprint density at radius 3 is 2.59 bits per heavy atom. The molecule has 7 nitrogen and oxygen atoms in total. The highest BCUT2D eigenvalue weighted by Gasteiger charge is 2.29. The quantitative estimate of drug-likeness (QED) is 0.620. The van der Waals surface area contributed by atoms with Gasteiger partial charge in [-0.25, -0.2) is 4.79 Å². The lowest BCUT2D eigenvalue weighted by molar-refractivity contribution is -0.126. The summed E-state index contributed by atoms with van der Waals surface area (Å²) in [6.07, 6.45) is 0.935. The first-order valence-corrected chi connectivity index (χ1v) is 10.7. The van der Waals surface area contributed by atoms with Gasteiger partial charge in [-0.15, -0.1) is 0 Å². The summed E-state index contributed by atoms with van der Waals surface area (Å²) in [6.45, 7) is 6.85. The van der Waals surface area contributed by atoms with E-state index in [2.05, 4.69) is 26.6 Å². The Bertz CT molecular complexity index is 767. The Labute approximate surface area is 184 Å². The summed E-state index contributed by atoms with van der Waals surface area (Å²) in [5, 5.41) is 5.79. The zero-order valence-corrected chi connectivity index (χ0v) is 19.2. The molecule has 1 atom stereocenters. The van der Waals surface area contributed by atoms with E-state index in [0.29, 0.717) is 36.6 Å². The van der Waals surface area contributed by atoms with Crippen molar-refractivity contribution in [3.63, 3.8) is 0 Å². The van der Waals surface area contributed by atoms with Crippen LogP contribution in [0.2, 0.25) is 5.02 Å². The van der Waals surface area contributed by atoms with Crippen molar-refractivity contribution in [1.82, 2.24) is 15.5 Å². The van der Waals surface area contributed by atoms with Crippen LogP contribution in [-0.2, 0) is 9.53 Å². The van der Waals surface area contributed by atoms with Gasteiger partial charge in [-0.05, 0) is 51.8 Å². The van der Waals surface area contributed by atoms with Crippen LogP contribution < -0.4 is 10.6 Å². The Balaban J connectivity index is 1.81. The van der Waals surface area contributed by atoms with Crippen LogP contribution in [0.15, 0.2) is 22.7 Å². The third-order valence-electron chi connectivity index (χ3n) is 4.33. The van der Waals surface area contributed by atoms with Gasteiger partial charge in [0.1, 0.15) is 5.60 Å². The fourth-order valence-electron chi connectivity index (χ4n) is 3.02. The van der Waals surface area contributed by atoms with Crippen molar-refractivity contribution in [2.45, 2.75) is 39.2 Å². The summed E-state index contributed by atoms with van der Waals surface area (Å²) in [5.74, 6) is -0.592. The molecule has 1 heterocycles. The van der Waals surface area contributed by atoms with Gasteiger partial charge >= 0.3 is 6.09 Å². The van der Waals surface area contributed by atoms with Crippen LogP contribution in [0.5, 0.6) is 0 Å². The van der Waals surface area contributed by atoms with Crippen LogP contribution in [0.4, 0.5) is 4.79 Å². The first-order chi connectivity index (χ1) is 13.6. The van der Waals surface area contributed by atoms with Crippen LogP contribution in [0.3, 0.4) is 0 Å². The summed E-state index contributed by atoms with van der Waals surface area (Å²) in [4.78, 5) is 38.5. The van der Waals surface area contributed by atoms with Crippen LogP contribution in [0.25, 0.3) is 0 Å². The molecule has 0 aromatic heterocycles. The zero-order chi connectivity index (χ0) is 21.6. The van der Waals surface area contributed by atoms with Crippen LogP contribution in [0, 0.1) is 5.92 Å². The van der Waals surface area contributed by atoms with Gasteiger partial charge in [0.25, 0.3) is 5.91 Å². The second kappa shape index (κ2) is 10.3. The molecule has 0 bridgehead atoms. The molecule has 29 heavy (non-hydrogen) atoms. The highest BCUT2D eigenvalue weighted by Crippen LogP contribution is 2.25. The van der Waals surface area contributed by atoms with E-state index in [4.69, 9.17) is 16.3 Å². The maximum atomic E-state index is 12.8. The predicted octanol–water partition coefficient (Wildman–Crippen LogP) is 3.60. The van der Waals surface area contributed by atoms with Gasteiger partial charge in [-0.3, -0.25) is 9.59 Å². The number of alkyl carbamates (subject to hydrolysis) is 1. The van der Waals surface area contributed by atoms with E-state index in [1.165, 1.54) is 0 Å². The number of nitrogens with zero attached hydrogens (tertiary/aromatic N) is 1. The number of hydrogen-bond donors (Lipinski definition) is 2. The van der Waals surface area contributed by atoms with Gasteiger partial charge in [0.2, 0.25) is 5.91 Å². The molecule has 160 valence electrons. The molecule has 2 N–H and O–H groups in total. The minimum absolute atomic E-state index is 0.129. The van der Waals surface area contributed by atoms with Crippen molar-refractivity contribution in [3.8, 4) is 0 Å². The van der Waals surface area contributed by atoms with E-state index in [1.807, 2.05) is 0 Å². The van der Waals surface area contributed by atoms with Crippen LogP contribution in [0.1, 0.15) is 44.0 Å². The second-order valence-corrected chi connectivity index (χ2v) is 9.26. The van der Waals surface area contributed by atoms with E-state index < -0.39 is 11.7 Å². The molecule has 1 fully saturated rings. The smallest absolute Gasteiger partial charge is 0.407 e. The lowest BCUT2D eigenvalue weighted by Gasteiger charge is -2.32. The van der Waals surface area contributed by atoms with E-state index >= 15 is 0 Å². The van der Waals surface area contributed by atoms with Gasteiger partial charge in [0.15, 0.2) is 0 Å². The van der Waals surface area contributed by atoms with Gasteiger partial charge < -0.3 is 20.3 Å². The number of halogens is 2. The lowest BCUT2D eigenvalue weighted by Crippen LogP contribution is -2.46. The van der Waals surface area contributed by atoms with Crippen LogP contribution >= 0.6 is 27.5 Å². The number of benzene rings is 1. The molecule has 0 aliphatic carbocycles. The largest absolute Gasteiger partial charge is 0.444 e. The molecule has 1 aromatic rings. The number of likely N-dealkylation sites (tertiary alicyclic amines) is 1. The zero-order valence-electron chi connectivity index (χ0n) is 16.9. The lowest BCUT2D eigenvalue weighted by atomic mass is 9.96. The molecule has 0 saturated carbocycles. The highest BCUT2D eigenvalue weighted by atomic mass is 79.9. The molecule has 0 spiro atoms. The van der Waals surface area contributed by atoms with Crippen molar-refractivity contribution in [1.29, 1.82) is 0 Å². The number of rotatable bonds is 5. The molecular weight excluding hydrogens is 462 g/mol. The predicted molar refractivity (Wildman–Crippen MR) is 115 cm³/mol. The SMILES string of the molecule is CC(C)(C)OC(=O)NCCNC(=O)C1CCCN(C(=O)c2ccc(Br)cc2Cl)C1. The number of carbonyl (C=O) groups is 3. The Morgan fingerprint density at radius 2 is 1.93 bits per heavy atom. The Hall–Kier alpha value is -1.80. The van der Waals surface area contributed by atoms with Gasteiger partial charge in [-0.1, -0.05) is 27.5 Å². The van der Waals surface area contributed by atoms with Gasteiger partial charge in [-0.2, -0.15) is 0 Å². The summed E-state index contributed by atoms with van der Waals surface area (Å²) >= 11 is 9.52. The molecule has 9 heteroatoms. The normalized spacial score (nSPS) is 16.9. The van der Waals surface area contributed by atoms with Crippen molar-refractivity contribution >= 4 is 45.4 Å². The molecule has 3 amide bonds. The molecule has 0 radical (unpaired) electrons. The third-order valence-corrected chi connectivity index (χ3v) is 5.14. The van der Waals surface area contributed by atoms with E-state index in [1.54, 1.807) is 43.9 Å². The van der Waals surface area contributed by atoms with Gasteiger partial charge in [0, 0.05) is 30.7 Å². The number of nitrogens with one attached hydrogen (secondary N) is 2. The molecule has 2 rings (SSSR count). The van der Waals surface area contributed by atoms with Crippen molar-refractivity contribution in [2.75, 3.05) is 26.2 Å². The molecule has 1 aliphatic rings. The second-order valence-electron chi connectivity index (χ2n) is 7.93.